The van der Waals surface area contributed by atoms with Gasteiger partial charge in [-0.25, -0.2) is 4.39 Å². The van der Waals surface area contributed by atoms with Crippen LogP contribution < -0.4 is 4.74 Å². The lowest BCUT2D eigenvalue weighted by molar-refractivity contribution is -0.385. The van der Waals surface area contributed by atoms with Gasteiger partial charge in [-0.3, -0.25) is 10.1 Å². The Hall–Kier alpha value is -3.33. The van der Waals surface area contributed by atoms with E-state index in [-0.39, 0.29) is 17.5 Å². The van der Waals surface area contributed by atoms with Crippen LogP contribution in [-0.4, -0.2) is 21.7 Å². The van der Waals surface area contributed by atoms with Gasteiger partial charge in [-0.15, -0.1) is 0 Å². The van der Waals surface area contributed by atoms with Gasteiger partial charge in [0.1, 0.15) is 11.9 Å². The molecule has 1 atom stereocenters. The molecule has 8 nitrogen and oxygen atoms in total. The maximum Gasteiger partial charge on any atom is 0.272 e. The molecule has 1 aliphatic heterocycles. The largest absolute Gasteiger partial charge is 0.454 e. The summed E-state index contributed by atoms with van der Waals surface area (Å²) >= 11 is 0. The van der Waals surface area contributed by atoms with Crippen LogP contribution in [-0.2, 0) is 4.74 Å². The average Bonchev–Trinajstić information content (AvgIpc) is 3.35. The third-order valence-electron chi connectivity index (χ3n) is 4.11. The summed E-state index contributed by atoms with van der Waals surface area (Å²) in [4.78, 5) is 14.3. The van der Waals surface area contributed by atoms with Crippen molar-refractivity contribution in [1.29, 1.82) is 0 Å². The smallest absolute Gasteiger partial charge is 0.272 e. The number of nitro groups is 1. The Labute approximate surface area is 152 Å². The molecule has 1 aliphatic rings. The molecule has 1 unspecified atom stereocenters. The van der Waals surface area contributed by atoms with Crippen molar-refractivity contribution in [1.82, 2.24) is 10.1 Å². The van der Waals surface area contributed by atoms with Crippen LogP contribution in [0.4, 0.5) is 10.1 Å². The number of hydrogen-bond donors (Lipinski definition) is 0. The van der Waals surface area contributed by atoms with Gasteiger partial charge in [-0.1, -0.05) is 5.16 Å². The summed E-state index contributed by atoms with van der Waals surface area (Å²) in [5, 5.41) is 14.6. The van der Waals surface area contributed by atoms with E-state index in [1.54, 1.807) is 24.3 Å². The highest BCUT2D eigenvalue weighted by molar-refractivity contribution is 5.56. The Morgan fingerprint density at radius 2 is 2.04 bits per heavy atom. The van der Waals surface area contributed by atoms with Crippen LogP contribution in [0.2, 0.25) is 0 Å². The van der Waals surface area contributed by atoms with Crippen molar-refractivity contribution in [2.75, 3.05) is 6.61 Å². The van der Waals surface area contributed by atoms with E-state index in [1.165, 1.54) is 12.1 Å². The zero-order valence-corrected chi connectivity index (χ0v) is 14.0. The van der Waals surface area contributed by atoms with Gasteiger partial charge in [-0.2, -0.15) is 4.98 Å². The molecule has 4 rings (SSSR count). The number of benzene rings is 2. The van der Waals surface area contributed by atoms with E-state index >= 15 is 0 Å². The summed E-state index contributed by atoms with van der Waals surface area (Å²) in [5.41, 5.74) is 0.369. The third-order valence-corrected chi connectivity index (χ3v) is 4.11. The highest BCUT2D eigenvalue weighted by Gasteiger charge is 2.24. The Balaban J connectivity index is 1.48. The summed E-state index contributed by atoms with van der Waals surface area (Å²) in [6, 6.07) is 9.88. The lowest BCUT2D eigenvalue weighted by atomic mass is 10.2. The molecule has 3 aromatic rings. The normalized spacial score (nSPS) is 16.4. The molecule has 0 N–H and O–H groups in total. The molecular formula is C18H14FN3O5. The Bertz CT molecular complexity index is 967. The van der Waals surface area contributed by atoms with Crippen LogP contribution in [0.3, 0.4) is 0 Å². The van der Waals surface area contributed by atoms with Gasteiger partial charge in [0.2, 0.25) is 5.82 Å². The van der Waals surface area contributed by atoms with Crippen molar-refractivity contribution < 1.29 is 23.3 Å². The molecule has 2 aromatic carbocycles. The second kappa shape index (κ2) is 7.12. The number of halogens is 1. The van der Waals surface area contributed by atoms with Gasteiger partial charge in [0.15, 0.2) is 11.6 Å². The molecule has 138 valence electrons. The van der Waals surface area contributed by atoms with Crippen molar-refractivity contribution in [2.24, 2.45) is 0 Å². The van der Waals surface area contributed by atoms with E-state index in [9.17, 15) is 14.5 Å². The number of nitrogens with zero attached hydrogens (tertiary/aromatic N) is 3. The van der Waals surface area contributed by atoms with Gasteiger partial charge in [-0.05, 0) is 43.2 Å². The summed E-state index contributed by atoms with van der Waals surface area (Å²) in [5.74, 6) is 0.333. The summed E-state index contributed by atoms with van der Waals surface area (Å²) in [6.45, 7) is 0.688. The molecule has 1 aromatic heterocycles. The Kier molecular flexibility index (Phi) is 4.51. The molecule has 0 amide bonds. The minimum absolute atomic E-state index is 0.103. The van der Waals surface area contributed by atoms with Gasteiger partial charge >= 0.3 is 0 Å². The predicted molar refractivity (Wildman–Crippen MR) is 90.8 cm³/mol. The molecule has 0 saturated carbocycles. The van der Waals surface area contributed by atoms with E-state index in [4.69, 9.17) is 14.0 Å². The second-order valence-electron chi connectivity index (χ2n) is 5.96. The van der Waals surface area contributed by atoms with Crippen LogP contribution in [0.1, 0.15) is 24.8 Å². The highest BCUT2D eigenvalue weighted by atomic mass is 19.1. The molecule has 2 heterocycles. The van der Waals surface area contributed by atoms with Crippen molar-refractivity contribution >= 4 is 5.69 Å². The minimum atomic E-state index is -0.812. The molecule has 27 heavy (non-hydrogen) atoms. The highest BCUT2D eigenvalue weighted by Crippen LogP contribution is 2.31. The maximum atomic E-state index is 13.9. The topological polar surface area (TPSA) is 101 Å². The zero-order valence-electron chi connectivity index (χ0n) is 14.0. The zero-order chi connectivity index (χ0) is 18.8. The fraction of sp³-hybridized carbons (Fsp3) is 0.222. The molecule has 0 aliphatic carbocycles. The van der Waals surface area contributed by atoms with Gasteiger partial charge in [0, 0.05) is 18.2 Å². The summed E-state index contributed by atoms with van der Waals surface area (Å²) in [6.07, 6.45) is 1.67. The lowest BCUT2D eigenvalue weighted by Gasteiger charge is -2.07. The number of hydrogen-bond acceptors (Lipinski definition) is 7. The first-order valence-electron chi connectivity index (χ1n) is 8.27. The Morgan fingerprint density at radius 1 is 1.22 bits per heavy atom. The van der Waals surface area contributed by atoms with E-state index in [0.717, 1.165) is 18.9 Å². The SMILES string of the molecule is O=[N+]([O-])c1ccc(Oc2ccc(-c3noc(C4CCCO4)n3)cc2)c(F)c1. The Morgan fingerprint density at radius 3 is 2.70 bits per heavy atom. The number of rotatable bonds is 5. The maximum absolute atomic E-state index is 13.9. The quantitative estimate of drug-likeness (QED) is 0.483. The molecule has 0 spiro atoms. The van der Waals surface area contributed by atoms with Gasteiger partial charge in [0.05, 0.1) is 11.0 Å². The molecule has 0 radical (unpaired) electrons. The van der Waals surface area contributed by atoms with Crippen LogP contribution in [0.5, 0.6) is 11.5 Å². The third kappa shape index (κ3) is 3.63. The van der Waals surface area contributed by atoms with Crippen LogP contribution >= 0.6 is 0 Å². The monoisotopic (exact) mass is 371 g/mol. The van der Waals surface area contributed by atoms with Crippen LogP contribution in [0.25, 0.3) is 11.4 Å². The molecular weight excluding hydrogens is 357 g/mol. The summed E-state index contributed by atoms with van der Waals surface area (Å²) < 4.78 is 30.1. The first kappa shape index (κ1) is 17.1. The fourth-order valence-corrected chi connectivity index (χ4v) is 2.74. The molecule has 1 fully saturated rings. The van der Waals surface area contributed by atoms with Crippen LogP contribution in [0, 0.1) is 15.9 Å². The van der Waals surface area contributed by atoms with E-state index < -0.39 is 10.7 Å². The number of aromatic nitrogens is 2. The van der Waals surface area contributed by atoms with Crippen molar-refractivity contribution in [2.45, 2.75) is 18.9 Å². The summed E-state index contributed by atoms with van der Waals surface area (Å²) in [7, 11) is 0. The average molecular weight is 371 g/mol. The van der Waals surface area contributed by atoms with Crippen molar-refractivity contribution in [3.05, 3.63) is 64.3 Å². The lowest BCUT2D eigenvalue weighted by Crippen LogP contribution is -1.95. The molecule has 0 bridgehead atoms. The first-order chi connectivity index (χ1) is 13.1. The van der Waals surface area contributed by atoms with Crippen molar-refractivity contribution in [3.63, 3.8) is 0 Å². The van der Waals surface area contributed by atoms with Gasteiger partial charge in [0.25, 0.3) is 11.6 Å². The van der Waals surface area contributed by atoms with E-state index in [2.05, 4.69) is 10.1 Å². The fourth-order valence-electron chi connectivity index (χ4n) is 2.74. The van der Waals surface area contributed by atoms with Gasteiger partial charge < -0.3 is 14.0 Å². The van der Waals surface area contributed by atoms with Crippen LogP contribution in [0.15, 0.2) is 47.0 Å². The van der Waals surface area contributed by atoms with Crippen molar-refractivity contribution in [3.8, 4) is 22.9 Å². The van der Waals surface area contributed by atoms with E-state index in [1.807, 2.05) is 0 Å². The molecule has 9 heteroatoms. The number of ether oxygens (including phenoxy) is 2. The predicted octanol–water partition coefficient (Wildman–Crippen LogP) is 4.43. The number of non-ortho nitro benzene ring substituents is 1. The minimum Gasteiger partial charge on any atom is -0.454 e. The van der Waals surface area contributed by atoms with E-state index in [0.29, 0.717) is 29.6 Å². The standard InChI is InChI=1S/C18H14FN3O5/c19-14-10-12(22(23)24)5-8-15(14)26-13-6-3-11(4-7-13)17-20-18(27-21-17)16-2-1-9-25-16/h3-8,10,16H,1-2,9H2. The first-order valence-corrected chi connectivity index (χ1v) is 8.27. The number of nitro benzene ring substituents is 1. The molecule has 1 saturated heterocycles. The second-order valence-corrected chi connectivity index (χ2v) is 5.96.